The van der Waals surface area contributed by atoms with Gasteiger partial charge in [0.15, 0.2) is 11.5 Å². The lowest BCUT2D eigenvalue weighted by Crippen LogP contribution is -2.35. The number of esters is 1. The van der Waals surface area contributed by atoms with Gasteiger partial charge in [-0.05, 0) is 56.3 Å². The molecule has 1 N–H and O–H groups in total. The highest BCUT2D eigenvalue weighted by Crippen LogP contribution is 2.32. The Bertz CT molecular complexity index is 1440. The third-order valence-corrected chi connectivity index (χ3v) is 5.39. The minimum absolute atomic E-state index is 0.00284. The first-order valence-electron chi connectivity index (χ1n) is 11.6. The van der Waals surface area contributed by atoms with E-state index in [1.165, 1.54) is 18.2 Å². The van der Waals surface area contributed by atoms with Crippen molar-refractivity contribution in [3.8, 4) is 17.2 Å². The van der Waals surface area contributed by atoms with Gasteiger partial charge in [-0.2, -0.15) is 0 Å². The molecule has 1 heterocycles. The summed E-state index contributed by atoms with van der Waals surface area (Å²) in [5.74, 6) is -1.44. The zero-order valence-electron chi connectivity index (χ0n) is 20.5. The van der Waals surface area contributed by atoms with Gasteiger partial charge in [-0.1, -0.05) is 18.2 Å². The molecule has 0 saturated carbocycles. The van der Waals surface area contributed by atoms with E-state index < -0.39 is 22.7 Å². The van der Waals surface area contributed by atoms with Crippen LogP contribution in [0.2, 0.25) is 0 Å². The number of benzene rings is 3. The van der Waals surface area contributed by atoms with Gasteiger partial charge >= 0.3 is 5.97 Å². The minimum atomic E-state index is -0.782. The van der Waals surface area contributed by atoms with Crippen molar-refractivity contribution >= 4 is 35.2 Å². The molecule has 38 heavy (non-hydrogen) atoms. The molecule has 0 atom stereocenters. The Labute approximate surface area is 217 Å². The van der Waals surface area contributed by atoms with Crippen LogP contribution in [0, 0.1) is 10.1 Å². The second-order valence-electron chi connectivity index (χ2n) is 7.87. The molecule has 0 unspecified atom stereocenters. The molecule has 0 bridgehead atoms. The van der Waals surface area contributed by atoms with Gasteiger partial charge < -0.3 is 14.2 Å². The predicted molar refractivity (Wildman–Crippen MR) is 137 cm³/mol. The third-order valence-electron chi connectivity index (χ3n) is 5.39. The number of nitro benzene ring substituents is 1. The maximum Gasteiger partial charge on any atom is 0.343 e. The molecule has 1 aliphatic heterocycles. The van der Waals surface area contributed by atoms with Crippen molar-refractivity contribution in [3.63, 3.8) is 0 Å². The molecule has 1 fully saturated rings. The van der Waals surface area contributed by atoms with Crippen molar-refractivity contribution < 1.29 is 33.5 Å². The van der Waals surface area contributed by atoms with Crippen LogP contribution in [-0.4, -0.2) is 35.9 Å². The molecule has 1 saturated heterocycles. The molecule has 0 aromatic heterocycles. The summed E-state index contributed by atoms with van der Waals surface area (Å²) in [5, 5.41) is 12.5. The number of hydrogen-bond acceptors (Lipinski definition) is 8. The van der Waals surface area contributed by atoms with Gasteiger partial charge in [0.25, 0.3) is 17.5 Å². The Morgan fingerprint density at radius 2 is 1.63 bits per heavy atom. The van der Waals surface area contributed by atoms with Gasteiger partial charge in [-0.15, -0.1) is 0 Å². The molecule has 11 nitrogen and oxygen atoms in total. The number of carbonyl (C=O) groups excluding carboxylic acids is 3. The third kappa shape index (κ3) is 5.46. The Balaban J connectivity index is 1.68. The van der Waals surface area contributed by atoms with Gasteiger partial charge in [0.2, 0.25) is 0 Å². The first-order valence-corrected chi connectivity index (χ1v) is 11.6. The minimum Gasteiger partial charge on any atom is -0.490 e. The van der Waals surface area contributed by atoms with Crippen LogP contribution in [0.4, 0.5) is 11.4 Å². The quantitative estimate of drug-likeness (QED) is 0.112. The number of anilines is 1. The Morgan fingerprint density at radius 3 is 2.32 bits per heavy atom. The smallest absolute Gasteiger partial charge is 0.343 e. The average Bonchev–Trinajstić information content (AvgIpc) is 3.19. The van der Waals surface area contributed by atoms with Crippen LogP contribution in [0.15, 0.2) is 72.3 Å². The molecule has 0 radical (unpaired) electrons. The molecule has 3 aromatic rings. The topological polar surface area (TPSA) is 137 Å². The largest absolute Gasteiger partial charge is 0.490 e. The van der Waals surface area contributed by atoms with Crippen molar-refractivity contribution in [1.29, 1.82) is 0 Å². The Hall–Kier alpha value is -5.19. The van der Waals surface area contributed by atoms with Gasteiger partial charge in [0.05, 0.1) is 29.4 Å². The fraction of sp³-hybridized carbons (Fsp3) is 0.148. The van der Waals surface area contributed by atoms with Gasteiger partial charge in [0, 0.05) is 17.7 Å². The van der Waals surface area contributed by atoms with Crippen LogP contribution >= 0.6 is 0 Å². The van der Waals surface area contributed by atoms with Crippen molar-refractivity contribution in [2.45, 2.75) is 13.8 Å². The fourth-order valence-corrected chi connectivity index (χ4v) is 3.66. The normalized spacial score (nSPS) is 13.8. The lowest BCUT2D eigenvalue weighted by Gasteiger charge is -2.14. The second kappa shape index (κ2) is 11.2. The Morgan fingerprint density at radius 1 is 0.947 bits per heavy atom. The van der Waals surface area contributed by atoms with Crippen molar-refractivity contribution in [1.82, 2.24) is 5.43 Å². The van der Waals surface area contributed by atoms with Crippen LogP contribution in [0.1, 0.15) is 29.8 Å². The van der Waals surface area contributed by atoms with E-state index in [4.69, 9.17) is 14.2 Å². The number of nitrogens with zero attached hydrogens (tertiary/aromatic N) is 2. The number of non-ortho nitro benzene ring substituents is 1. The summed E-state index contributed by atoms with van der Waals surface area (Å²) in [7, 11) is 0. The molecule has 4 rings (SSSR count). The molecule has 2 amide bonds. The van der Waals surface area contributed by atoms with Crippen LogP contribution in [-0.2, 0) is 9.59 Å². The highest BCUT2D eigenvalue weighted by Gasteiger charge is 2.35. The number of ether oxygens (including phenoxy) is 3. The van der Waals surface area contributed by atoms with E-state index in [0.29, 0.717) is 30.4 Å². The zero-order valence-corrected chi connectivity index (χ0v) is 20.5. The molecule has 0 spiro atoms. The number of hydrogen-bond donors (Lipinski definition) is 1. The monoisotopic (exact) mass is 517 g/mol. The standard InChI is InChI=1S/C27H23N3O8/c1-3-36-23-12-10-17(16-24(23)37-4-2)27(33)38-22-13-11-20(30(34)35)14-18(22)15-21-25(31)28-29(26(21)32)19-8-6-5-7-9-19/h5-16H,3-4H2,1-2H3,(H,28,31)/b21-15-. The summed E-state index contributed by atoms with van der Waals surface area (Å²) >= 11 is 0. The number of nitrogens with one attached hydrogen (secondary N) is 1. The van der Waals surface area contributed by atoms with Crippen LogP contribution in [0.5, 0.6) is 17.2 Å². The second-order valence-corrected chi connectivity index (χ2v) is 7.87. The molecule has 3 aromatic carbocycles. The molecule has 1 aliphatic rings. The molecular formula is C27H23N3O8. The van der Waals surface area contributed by atoms with E-state index in [0.717, 1.165) is 23.2 Å². The maximum atomic E-state index is 13.0. The first-order chi connectivity index (χ1) is 18.3. The van der Waals surface area contributed by atoms with E-state index in [1.807, 2.05) is 6.92 Å². The maximum absolute atomic E-state index is 13.0. The SMILES string of the molecule is CCOc1ccc(C(=O)Oc2ccc([N+](=O)[O-])cc2/C=C2/C(=O)NN(c3ccccc3)C2=O)cc1OCC. The average molecular weight is 517 g/mol. The van der Waals surface area contributed by atoms with Gasteiger partial charge in [-0.3, -0.25) is 25.1 Å². The number of nitro groups is 1. The fourth-order valence-electron chi connectivity index (χ4n) is 3.66. The summed E-state index contributed by atoms with van der Waals surface area (Å²) in [6.45, 7) is 4.35. The van der Waals surface area contributed by atoms with Gasteiger partial charge in [0.1, 0.15) is 11.3 Å². The summed E-state index contributed by atoms with van der Waals surface area (Å²) in [4.78, 5) is 49.3. The highest BCUT2D eigenvalue weighted by molar-refractivity contribution is 6.31. The lowest BCUT2D eigenvalue weighted by atomic mass is 10.1. The van der Waals surface area contributed by atoms with Crippen molar-refractivity contribution in [3.05, 3.63) is 93.5 Å². The summed E-state index contributed by atoms with van der Waals surface area (Å²) in [6.07, 6.45) is 1.15. The molecule has 194 valence electrons. The summed E-state index contributed by atoms with van der Waals surface area (Å²) in [6, 6.07) is 16.5. The predicted octanol–water partition coefficient (Wildman–Crippen LogP) is 4.07. The summed E-state index contributed by atoms with van der Waals surface area (Å²) in [5.41, 5.74) is 2.42. The van der Waals surface area contributed by atoms with Crippen LogP contribution in [0.3, 0.4) is 0 Å². The number of rotatable bonds is 9. The zero-order chi connectivity index (χ0) is 27.2. The van der Waals surface area contributed by atoms with Crippen LogP contribution < -0.4 is 24.6 Å². The van der Waals surface area contributed by atoms with Crippen molar-refractivity contribution in [2.75, 3.05) is 18.2 Å². The van der Waals surface area contributed by atoms with E-state index in [9.17, 15) is 24.5 Å². The van der Waals surface area contributed by atoms with Gasteiger partial charge in [-0.25, -0.2) is 9.80 Å². The highest BCUT2D eigenvalue weighted by atomic mass is 16.6. The Kier molecular flexibility index (Phi) is 7.66. The van der Waals surface area contributed by atoms with Crippen molar-refractivity contribution in [2.24, 2.45) is 0 Å². The first kappa shape index (κ1) is 25.9. The van der Waals surface area contributed by atoms with E-state index in [-0.39, 0.29) is 28.1 Å². The number of carbonyl (C=O) groups is 3. The number of amides is 2. The van der Waals surface area contributed by atoms with E-state index in [2.05, 4.69) is 5.43 Å². The van der Waals surface area contributed by atoms with E-state index >= 15 is 0 Å². The number of para-hydroxylation sites is 1. The lowest BCUT2D eigenvalue weighted by molar-refractivity contribution is -0.384. The number of hydrazine groups is 1. The van der Waals surface area contributed by atoms with E-state index in [1.54, 1.807) is 43.3 Å². The molecule has 11 heteroatoms. The molecular weight excluding hydrogens is 494 g/mol. The summed E-state index contributed by atoms with van der Waals surface area (Å²) < 4.78 is 16.6. The molecule has 0 aliphatic carbocycles. The van der Waals surface area contributed by atoms with Crippen LogP contribution in [0.25, 0.3) is 6.08 Å².